The van der Waals surface area contributed by atoms with E-state index in [0.717, 1.165) is 0 Å². The lowest BCUT2D eigenvalue weighted by Gasteiger charge is -2.34. The van der Waals surface area contributed by atoms with Gasteiger partial charge < -0.3 is 10.1 Å². The van der Waals surface area contributed by atoms with Crippen molar-refractivity contribution in [1.82, 2.24) is 5.32 Å². The molecule has 8 nitrogen and oxygen atoms in total. The van der Waals surface area contributed by atoms with Gasteiger partial charge in [-0.05, 0) is 24.7 Å². The highest BCUT2D eigenvalue weighted by atomic mass is 32.3. The zero-order valence-corrected chi connectivity index (χ0v) is 16.6. The topological polar surface area (TPSA) is 119 Å². The number of anilines is 1. The number of hydrogen-bond donors (Lipinski definition) is 2. The molecule has 1 aromatic carbocycles. The maximum atomic E-state index is 13.1. The van der Waals surface area contributed by atoms with E-state index in [-0.39, 0.29) is 21.0 Å². The Kier molecular flexibility index (Phi) is 5.01. The first-order valence-corrected chi connectivity index (χ1v) is 11.6. The summed E-state index contributed by atoms with van der Waals surface area (Å²) < 4.78 is 55.9. The fourth-order valence-corrected chi connectivity index (χ4v) is 7.09. The molecule has 1 aliphatic heterocycles. The number of sulfonamides is 2. The van der Waals surface area contributed by atoms with Gasteiger partial charge in [0, 0.05) is 11.6 Å². The van der Waals surface area contributed by atoms with Gasteiger partial charge in [-0.2, -0.15) is 0 Å². The SMILES string of the molecule is CCN[C@H]1CN(c2cccc(OC)c2)S(=O)(=O)c2sc(S(N)(=O)=O)cc21. The molecule has 0 bridgehead atoms. The van der Waals surface area contributed by atoms with Crippen molar-refractivity contribution in [2.45, 2.75) is 21.4 Å². The predicted molar refractivity (Wildman–Crippen MR) is 99.6 cm³/mol. The van der Waals surface area contributed by atoms with Crippen molar-refractivity contribution in [2.75, 3.05) is 24.5 Å². The molecule has 0 saturated heterocycles. The fraction of sp³-hybridized carbons (Fsp3) is 0.333. The van der Waals surface area contributed by atoms with Gasteiger partial charge in [0.15, 0.2) is 0 Å². The summed E-state index contributed by atoms with van der Waals surface area (Å²) in [5, 5.41) is 8.40. The molecule has 3 N–H and O–H groups in total. The molecule has 0 saturated carbocycles. The number of methoxy groups -OCH3 is 1. The summed E-state index contributed by atoms with van der Waals surface area (Å²) in [6.07, 6.45) is 0. The van der Waals surface area contributed by atoms with E-state index < -0.39 is 20.0 Å². The zero-order valence-electron chi connectivity index (χ0n) is 14.2. The number of benzene rings is 1. The minimum atomic E-state index is -3.99. The summed E-state index contributed by atoms with van der Waals surface area (Å²) in [7, 11) is -6.40. The molecule has 11 heteroatoms. The van der Waals surface area contributed by atoms with Crippen molar-refractivity contribution in [3.63, 3.8) is 0 Å². The van der Waals surface area contributed by atoms with E-state index in [0.29, 0.717) is 34.9 Å². The van der Waals surface area contributed by atoms with Crippen LogP contribution in [0, 0.1) is 0 Å². The molecule has 0 fully saturated rings. The van der Waals surface area contributed by atoms with Gasteiger partial charge >= 0.3 is 0 Å². The van der Waals surface area contributed by atoms with Gasteiger partial charge in [-0.3, -0.25) is 4.31 Å². The number of rotatable bonds is 5. The van der Waals surface area contributed by atoms with Gasteiger partial charge in [-0.15, -0.1) is 11.3 Å². The quantitative estimate of drug-likeness (QED) is 0.756. The van der Waals surface area contributed by atoms with Crippen LogP contribution in [0.25, 0.3) is 0 Å². The van der Waals surface area contributed by atoms with Crippen LogP contribution in [0.1, 0.15) is 18.5 Å². The van der Waals surface area contributed by atoms with E-state index in [4.69, 9.17) is 9.88 Å². The molecule has 2 heterocycles. The normalized spacial score (nSPS) is 19.2. The van der Waals surface area contributed by atoms with Crippen molar-refractivity contribution < 1.29 is 21.6 Å². The van der Waals surface area contributed by atoms with Gasteiger partial charge in [-0.1, -0.05) is 13.0 Å². The molecule has 1 atom stereocenters. The van der Waals surface area contributed by atoms with Crippen molar-refractivity contribution >= 4 is 37.1 Å². The molecule has 2 aromatic rings. The third-order valence-electron chi connectivity index (χ3n) is 4.02. The monoisotopic (exact) mass is 417 g/mol. The van der Waals surface area contributed by atoms with Crippen molar-refractivity contribution in [3.05, 3.63) is 35.9 Å². The second-order valence-electron chi connectivity index (χ2n) is 5.70. The van der Waals surface area contributed by atoms with Crippen LogP contribution in [0.15, 0.2) is 38.8 Å². The lowest BCUT2D eigenvalue weighted by molar-refractivity contribution is 0.415. The van der Waals surface area contributed by atoms with Crippen LogP contribution in [0.4, 0.5) is 5.69 Å². The standard InChI is InChI=1S/C15H19N3O5S3/c1-3-17-13-9-18(10-5-4-6-11(7-10)23-2)26(21,22)15-12(13)8-14(24-15)25(16,19)20/h4-8,13,17H,3,9H2,1-2H3,(H2,16,19,20)/t13-/m0/s1. The molecule has 0 radical (unpaired) electrons. The first-order chi connectivity index (χ1) is 12.2. The van der Waals surface area contributed by atoms with Crippen LogP contribution in [0.3, 0.4) is 0 Å². The molecule has 0 spiro atoms. The van der Waals surface area contributed by atoms with Crippen molar-refractivity contribution in [3.8, 4) is 5.75 Å². The molecule has 3 rings (SSSR count). The third kappa shape index (κ3) is 3.32. The van der Waals surface area contributed by atoms with Crippen LogP contribution in [0.5, 0.6) is 5.75 Å². The number of hydrogen-bond acceptors (Lipinski definition) is 7. The fourth-order valence-electron chi connectivity index (χ4n) is 2.84. The van der Waals surface area contributed by atoms with Crippen LogP contribution in [0.2, 0.25) is 0 Å². The molecule has 142 valence electrons. The van der Waals surface area contributed by atoms with E-state index >= 15 is 0 Å². The number of ether oxygens (including phenoxy) is 1. The highest BCUT2D eigenvalue weighted by Crippen LogP contribution is 2.42. The summed E-state index contributed by atoms with van der Waals surface area (Å²) in [6, 6.07) is 7.71. The second-order valence-corrected chi connectivity index (χ2v) is 10.6. The van der Waals surface area contributed by atoms with E-state index in [1.54, 1.807) is 24.3 Å². The smallest absolute Gasteiger partial charge is 0.274 e. The first-order valence-electron chi connectivity index (χ1n) is 7.75. The maximum Gasteiger partial charge on any atom is 0.274 e. The highest BCUT2D eigenvalue weighted by molar-refractivity contribution is 7.96. The van der Waals surface area contributed by atoms with E-state index in [1.165, 1.54) is 17.5 Å². The molecular weight excluding hydrogens is 398 g/mol. The van der Waals surface area contributed by atoms with Crippen LogP contribution in [-0.4, -0.2) is 37.0 Å². The molecule has 0 amide bonds. The Balaban J connectivity index is 2.17. The number of primary sulfonamides is 1. The molecule has 1 aliphatic rings. The minimum Gasteiger partial charge on any atom is -0.497 e. The molecule has 0 aliphatic carbocycles. The Morgan fingerprint density at radius 3 is 2.73 bits per heavy atom. The Morgan fingerprint density at radius 1 is 1.38 bits per heavy atom. The van der Waals surface area contributed by atoms with Crippen molar-refractivity contribution in [1.29, 1.82) is 0 Å². The lowest BCUT2D eigenvalue weighted by atomic mass is 10.1. The number of likely N-dealkylation sites (N-methyl/N-ethyl adjacent to an activating group) is 1. The summed E-state index contributed by atoms with van der Waals surface area (Å²) in [6.45, 7) is 2.62. The first kappa shape index (κ1) is 19.1. The van der Waals surface area contributed by atoms with E-state index in [9.17, 15) is 16.8 Å². The Morgan fingerprint density at radius 2 is 2.12 bits per heavy atom. The average molecular weight is 418 g/mol. The summed E-state index contributed by atoms with van der Waals surface area (Å²) in [5.41, 5.74) is 0.878. The Hall–Kier alpha value is -1.66. The average Bonchev–Trinajstić information content (AvgIpc) is 3.04. The van der Waals surface area contributed by atoms with Gasteiger partial charge in [-0.25, -0.2) is 22.0 Å². The minimum absolute atomic E-state index is 0.0125. The Bertz CT molecular complexity index is 1030. The number of thiophene rings is 1. The van der Waals surface area contributed by atoms with Gasteiger partial charge in [0.1, 0.15) is 14.2 Å². The van der Waals surface area contributed by atoms with E-state index in [2.05, 4.69) is 5.32 Å². The zero-order chi connectivity index (χ0) is 19.1. The number of fused-ring (bicyclic) bond motifs is 1. The molecule has 1 aromatic heterocycles. The molecule has 26 heavy (non-hydrogen) atoms. The van der Waals surface area contributed by atoms with Crippen LogP contribution in [-0.2, 0) is 20.0 Å². The van der Waals surface area contributed by atoms with Crippen molar-refractivity contribution in [2.24, 2.45) is 5.14 Å². The van der Waals surface area contributed by atoms with Gasteiger partial charge in [0.2, 0.25) is 10.0 Å². The molecule has 0 unspecified atom stereocenters. The summed E-state index contributed by atoms with van der Waals surface area (Å²) in [5.74, 6) is 0.528. The third-order valence-corrected chi connectivity index (χ3v) is 8.91. The van der Waals surface area contributed by atoms with Gasteiger partial charge in [0.05, 0.1) is 25.4 Å². The molecular formula is C15H19N3O5S3. The summed E-state index contributed by atoms with van der Waals surface area (Å²) in [4.78, 5) is 0. The van der Waals surface area contributed by atoms with Crippen LogP contribution < -0.4 is 19.5 Å². The number of nitrogens with two attached hydrogens (primary N) is 1. The van der Waals surface area contributed by atoms with Gasteiger partial charge in [0.25, 0.3) is 10.0 Å². The van der Waals surface area contributed by atoms with Crippen LogP contribution >= 0.6 is 11.3 Å². The largest absolute Gasteiger partial charge is 0.497 e. The number of nitrogens with zero attached hydrogens (tertiary/aromatic N) is 1. The Labute approximate surface area is 156 Å². The second kappa shape index (κ2) is 6.82. The summed E-state index contributed by atoms with van der Waals surface area (Å²) >= 11 is 0.673. The number of nitrogens with one attached hydrogen (secondary N) is 1. The highest BCUT2D eigenvalue weighted by Gasteiger charge is 2.40. The maximum absolute atomic E-state index is 13.1. The predicted octanol–water partition coefficient (Wildman–Crippen LogP) is 1.26. The lowest BCUT2D eigenvalue weighted by Crippen LogP contribution is -2.43. The van der Waals surface area contributed by atoms with E-state index in [1.807, 2.05) is 6.92 Å².